The van der Waals surface area contributed by atoms with Gasteiger partial charge in [0.25, 0.3) is 0 Å². The Morgan fingerprint density at radius 2 is 2.17 bits per heavy atom. The van der Waals surface area contributed by atoms with Gasteiger partial charge in [-0.05, 0) is 6.21 Å². The van der Waals surface area contributed by atoms with Gasteiger partial charge < -0.3 is 16.9 Å². The van der Waals surface area contributed by atoms with Crippen molar-refractivity contribution < 1.29 is 0 Å². The Bertz CT molecular complexity index is 41.3. The summed E-state index contributed by atoms with van der Waals surface area (Å²) < 4.78 is 0. The van der Waals surface area contributed by atoms with Crippen LogP contribution in [0.1, 0.15) is 6.42 Å². The van der Waals surface area contributed by atoms with Crippen LogP contribution < -0.4 is 11.5 Å². The highest BCUT2D eigenvalue weighted by atomic mass is 14.8. The van der Waals surface area contributed by atoms with Crippen molar-refractivity contribution >= 4 is 6.21 Å². The van der Waals surface area contributed by atoms with E-state index in [-0.39, 0.29) is 6.17 Å². The van der Waals surface area contributed by atoms with E-state index in [1.54, 1.807) is 0 Å². The van der Waals surface area contributed by atoms with Gasteiger partial charge in [-0.15, -0.1) is 0 Å². The molecule has 0 saturated heterocycles. The molecule has 0 bridgehead atoms. The molecule has 0 aromatic carbocycles. The topological polar surface area (TPSA) is 75.9 Å². The van der Waals surface area contributed by atoms with Crippen LogP contribution in [-0.4, -0.2) is 12.4 Å². The Hall–Kier alpha value is -0.410. The Morgan fingerprint density at radius 3 is 2.17 bits per heavy atom. The fourth-order valence-electron chi connectivity index (χ4n) is 0.136. The fraction of sp³-hybridized carbons (Fsp3) is 0.667. The second kappa shape index (κ2) is 2.81. The summed E-state index contributed by atoms with van der Waals surface area (Å²) in [5.41, 5.74) is 10.1. The minimum absolute atomic E-state index is 0.345. The lowest BCUT2D eigenvalue weighted by Gasteiger charge is -1.93. The lowest BCUT2D eigenvalue weighted by Crippen LogP contribution is -2.30. The molecule has 0 spiro atoms. The second-order valence-electron chi connectivity index (χ2n) is 1.10. The molecular formula is C3H9N3. The van der Waals surface area contributed by atoms with Crippen molar-refractivity contribution in [3.63, 3.8) is 0 Å². The van der Waals surface area contributed by atoms with Crippen LogP contribution in [-0.2, 0) is 0 Å². The van der Waals surface area contributed by atoms with Crippen LogP contribution in [0.3, 0.4) is 0 Å². The average Bonchev–Trinajstić information content (AvgIpc) is 1.35. The minimum Gasteiger partial charge on any atom is -0.316 e. The summed E-state index contributed by atoms with van der Waals surface area (Å²) >= 11 is 0. The minimum atomic E-state index is -0.345. The van der Waals surface area contributed by atoms with Gasteiger partial charge in [0.2, 0.25) is 0 Å². The van der Waals surface area contributed by atoms with E-state index in [1.807, 2.05) is 0 Å². The van der Waals surface area contributed by atoms with Crippen molar-refractivity contribution in [3.8, 4) is 0 Å². The van der Waals surface area contributed by atoms with Crippen LogP contribution in [0, 0.1) is 5.41 Å². The van der Waals surface area contributed by atoms with Crippen LogP contribution in [0.5, 0.6) is 0 Å². The van der Waals surface area contributed by atoms with Gasteiger partial charge in [0.15, 0.2) is 0 Å². The zero-order valence-electron chi connectivity index (χ0n) is 3.52. The van der Waals surface area contributed by atoms with Crippen LogP contribution in [0.25, 0.3) is 0 Å². The highest BCUT2D eigenvalue weighted by Gasteiger charge is 1.83. The van der Waals surface area contributed by atoms with Gasteiger partial charge in [0, 0.05) is 6.42 Å². The smallest absolute Gasteiger partial charge is 0.0571 e. The molecule has 0 atom stereocenters. The SMILES string of the molecule is N=CCC(N)N. The van der Waals surface area contributed by atoms with E-state index in [9.17, 15) is 0 Å². The van der Waals surface area contributed by atoms with Crippen LogP contribution in [0.2, 0.25) is 0 Å². The van der Waals surface area contributed by atoms with Crippen molar-refractivity contribution in [1.82, 2.24) is 0 Å². The summed E-state index contributed by atoms with van der Waals surface area (Å²) in [5.74, 6) is 0. The highest BCUT2D eigenvalue weighted by molar-refractivity contribution is 5.53. The van der Waals surface area contributed by atoms with Gasteiger partial charge in [-0.1, -0.05) is 0 Å². The van der Waals surface area contributed by atoms with E-state index in [0.29, 0.717) is 6.42 Å². The molecule has 0 saturated carbocycles. The monoisotopic (exact) mass is 87.1 g/mol. The van der Waals surface area contributed by atoms with Crippen LogP contribution in [0.4, 0.5) is 0 Å². The van der Waals surface area contributed by atoms with Crippen LogP contribution >= 0.6 is 0 Å². The quantitative estimate of drug-likeness (QED) is 0.307. The molecule has 0 amide bonds. The molecular weight excluding hydrogens is 78.1 g/mol. The lowest BCUT2D eigenvalue weighted by atomic mass is 10.4. The first-order valence-corrected chi connectivity index (χ1v) is 1.77. The molecule has 3 nitrogen and oxygen atoms in total. The molecule has 0 unspecified atom stereocenters. The first-order valence-electron chi connectivity index (χ1n) is 1.77. The summed E-state index contributed by atoms with van der Waals surface area (Å²) in [6, 6.07) is 0. The van der Waals surface area contributed by atoms with E-state index in [2.05, 4.69) is 0 Å². The number of hydrogen-bond donors (Lipinski definition) is 3. The molecule has 0 heterocycles. The molecule has 0 aliphatic carbocycles. The molecule has 3 heteroatoms. The van der Waals surface area contributed by atoms with E-state index >= 15 is 0 Å². The van der Waals surface area contributed by atoms with Crippen molar-refractivity contribution in [2.24, 2.45) is 11.5 Å². The Labute approximate surface area is 36.8 Å². The number of nitrogens with two attached hydrogens (primary N) is 2. The first-order chi connectivity index (χ1) is 2.77. The molecule has 36 valence electrons. The summed E-state index contributed by atoms with van der Waals surface area (Å²) in [4.78, 5) is 0. The molecule has 0 fully saturated rings. The molecule has 0 aliphatic rings. The second-order valence-corrected chi connectivity index (χ2v) is 1.10. The van der Waals surface area contributed by atoms with E-state index in [0.717, 1.165) is 0 Å². The molecule has 0 radical (unpaired) electrons. The van der Waals surface area contributed by atoms with E-state index < -0.39 is 0 Å². The molecule has 0 aliphatic heterocycles. The predicted octanol–water partition coefficient (Wildman–Crippen LogP) is -0.730. The zero-order valence-corrected chi connectivity index (χ0v) is 3.52. The maximum atomic E-state index is 6.45. The summed E-state index contributed by atoms with van der Waals surface area (Å²) in [6.07, 6.45) is 1.33. The third-order valence-electron chi connectivity index (χ3n) is 0.390. The van der Waals surface area contributed by atoms with Crippen LogP contribution in [0.15, 0.2) is 0 Å². The molecule has 0 aromatic rings. The third kappa shape index (κ3) is 3.59. The van der Waals surface area contributed by atoms with Crippen molar-refractivity contribution in [2.45, 2.75) is 12.6 Å². The maximum absolute atomic E-state index is 6.45. The molecule has 5 N–H and O–H groups in total. The van der Waals surface area contributed by atoms with Gasteiger partial charge in [0.1, 0.15) is 0 Å². The van der Waals surface area contributed by atoms with Crippen molar-refractivity contribution in [1.29, 1.82) is 5.41 Å². The highest BCUT2D eigenvalue weighted by Crippen LogP contribution is 1.66. The van der Waals surface area contributed by atoms with Crippen molar-refractivity contribution in [2.75, 3.05) is 0 Å². The Morgan fingerprint density at radius 1 is 1.67 bits per heavy atom. The molecule has 0 aromatic heterocycles. The first kappa shape index (κ1) is 5.59. The lowest BCUT2D eigenvalue weighted by molar-refractivity contribution is 0.745. The average molecular weight is 87.1 g/mol. The summed E-state index contributed by atoms with van der Waals surface area (Å²) in [5, 5.41) is 6.45. The van der Waals surface area contributed by atoms with Gasteiger partial charge in [-0.25, -0.2) is 0 Å². The summed E-state index contributed by atoms with van der Waals surface area (Å²) in [6.45, 7) is 0. The third-order valence-corrected chi connectivity index (χ3v) is 0.390. The largest absolute Gasteiger partial charge is 0.316 e. The normalized spacial score (nSPS) is 9.17. The van der Waals surface area contributed by atoms with E-state index in [1.165, 1.54) is 6.21 Å². The standard InChI is InChI=1S/C3H9N3/c4-2-1-3(5)6/h2-4H,1,5-6H2. The number of hydrogen-bond acceptors (Lipinski definition) is 3. The van der Waals surface area contributed by atoms with E-state index in [4.69, 9.17) is 16.9 Å². The fourth-order valence-corrected chi connectivity index (χ4v) is 0.136. The Kier molecular flexibility index (Phi) is 2.62. The summed E-state index contributed by atoms with van der Waals surface area (Å²) in [7, 11) is 0. The van der Waals surface area contributed by atoms with Gasteiger partial charge in [0.05, 0.1) is 6.17 Å². The number of rotatable bonds is 2. The maximum Gasteiger partial charge on any atom is 0.0571 e. The van der Waals surface area contributed by atoms with Gasteiger partial charge in [-0.2, -0.15) is 0 Å². The van der Waals surface area contributed by atoms with Crippen molar-refractivity contribution in [3.05, 3.63) is 0 Å². The molecule has 6 heavy (non-hydrogen) atoms. The Balaban J connectivity index is 2.81. The zero-order chi connectivity index (χ0) is 4.99. The molecule has 0 rings (SSSR count). The predicted molar refractivity (Wildman–Crippen MR) is 25.6 cm³/mol. The van der Waals surface area contributed by atoms with Gasteiger partial charge >= 0.3 is 0 Å². The van der Waals surface area contributed by atoms with Gasteiger partial charge in [-0.3, -0.25) is 0 Å². The number of nitrogens with one attached hydrogen (secondary N) is 1.